The molecule has 0 bridgehead atoms. The molecule has 0 aliphatic heterocycles. The molecule has 0 radical (unpaired) electrons. The maximum atomic E-state index is 11.1. The van der Waals surface area contributed by atoms with E-state index in [4.69, 9.17) is 0 Å². The SMILES string of the molecule is CC(c1ccccc1)C1CCCC(c2ccc(Cc3ccc(C4CCCC(C(C)c5ccccc5)C4)c(O)c3)cc2O)C1. The first-order valence-corrected chi connectivity index (χ1v) is 16.7. The standard InChI is InChI=1S/C41H48O2/c1-28(32-11-5-3-6-12-32)34-15-9-17-36(26-34)38-21-19-30(24-40(38)42)23-31-20-22-39(41(43)25-31)37-18-10-16-35(27-37)29(2)33-13-7-4-8-14-33/h3-8,11-14,19-22,24-25,28-29,34-37,42-43H,9-10,15-18,23,26-27H2,1-2H3. The summed E-state index contributed by atoms with van der Waals surface area (Å²) in [6.45, 7) is 4.73. The predicted octanol–water partition coefficient (Wildman–Crippen LogP) is 10.8. The summed E-state index contributed by atoms with van der Waals surface area (Å²) in [5.74, 6) is 4.03. The van der Waals surface area contributed by atoms with Crippen molar-refractivity contribution in [1.82, 2.24) is 0 Å². The number of rotatable bonds is 8. The van der Waals surface area contributed by atoms with Gasteiger partial charge in [-0.1, -0.05) is 112 Å². The number of hydrogen-bond donors (Lipinski definition) is 2. The van der Waals surface area contributed by atoms with E-state index in [1.807, 2.05) is 12.1 Å². The van der Waals surface area contributed by atoms with Gasteiger partial charge in [-0.15, -0.1) is 0 Å². The number of benzene rings is 4. The lowest BCUT2D eigenvalue weighted by Crippen LogP contribution is -2.19. The topological polar surface area (TPSA) is 40.5 Å². The lowest BCUT2D eigenvalue weighted by Gasteiger charge is -2.34. The molecule has 2 aliphatic rings. The van der Waals surface area contributed by atoms with Crippen molar-refractivity contribution < 1.29 is 10.2 Å². The van der Waals surface area contributed by atoms with Gasteiger partial charge in [0.15, 0.2) is 0 Å². The molecule has 2 N–H and O–H groups in total. The van der Waals surface area contributed by atoms with Crippen LogP contribution in [-0.2, 0) is 6.42 Å². The van der Waals surface area contributed by atoms with Gasteiger partial charge in [-0.2, -0.15) is 0 Å². The second kappa shape index (κ2) is 13.4. The molecule has 0 amide bonds. The summed E-state index contributed by atoms with van der Waals surface area (Å²) < 4.78 is 0. The van der Waals surface area contributed by atoms with Crippen molar-refractivity contribution in [2.24, 2.45) is 11.8 Å². The van der Waals surface area contributed by atoms with Gasteiger partial charge < -0.3 is 10.2 Å². The molecule has 4 aromatic rings. The average molecular weight is 573 g/mol. The summed E-state index contributed by atoms with van der Waals surface area (Å²) >= 11 is 0. The highest BCUT2D eigenvalue weighted by molar-refractivity contribution is 5.44. The summed E-state index contributed by atoms with van der Waals surface area (Å²) in [5.41, 5.74) is 7.23. The van der Waals surface area contributed by atoms with Crippen molar-refractivity contribution in [2.75, 3.05) is 0 Å². The summed E-state index contributed by atoms with van der Waals surface area (Å²) in [7, 11) is 0. The van der Waals surface area contributed by atoms with Crippen molar-refractivity contribution in [3.05, 3.63) is 130 Å². The second-order valence-corrected chi connectivity index (χ2v) is 13.6. The minimum atomic E-state index is 0.409. The number of hydrogen-bond acceptors (Lipinski definition) is 2. The Kier molecular flexibility index (Phi) is 9.22. The third-order valence-electron chi connectivity index (χ3n) is 11.0. The van der Waals surface area contributed by atoms with Crippen LogP contribution < -0.4 is 0 Å². The van der Waals surface area contributed by atoms with Gasteiger partial charge in [0, 0.05) is 0 Å². The van der Waals surface area contributed by atoms with Crippen molar-refractivity contribution in [3.8, 4) is 11.5 Å². The quantitative estimate of drug-likeness (QED) is 0.220. The van der Waals surface area contributed by atoms with E-state index < -0.39 is 0 Å². The van der Waals surface area contributed by atoms with E-state index in [1.54, 1.807) is 0 Å². The fourth-order valence-corrected chi connectivity index (χ4v) is 8.31. The van der Waals surface area contributed by atoms with E-state index >= 15 is 0 Å². The smallest absolute Gasteiger partial charge is 0.119 e. The Hall–Kier alpha value is -3.52. The third-order valence-corrected chi connectivity index (χ3v) is 11.0. The van der Waals surface area contributed by atoms with Crippen molar-refractivity contribution in [3.63, 3.8) is 0 Å². The first-order valence-electron chi connectivity index (χ1n) is 16.7. The lowest BCUT2D eigenvalue weighted by atomic mass is 9.71. The van der Waals surface area contributed by atoms with E-state index in [1.165, 1.54) is 36.8 Å². The number of aromatic hydroxyl groups is 2. The Labute approximate surface area is 258 Å². The van der Waals surface area contributed by atoms with Gasteiger partial charge in [-0.25, -0.2) is 0 Å². The number of phenols is 2. The van der Waals surface area contributed by atoms with E-state index in [2.05, 4.69) is 98.8 Å². The van der Waals surface area contributed by atoms with Crippen molar-refractivity contribution in [1.29, 1.82) is 0 Å². The largest absolute Gasteiger partial charge is 0.508 e. The fraction of sp³-hybridized carbons (Fsp3) is 0.415. The molecule has 43 heavy (non-hydrogen) atoms. The van der Waals surface area contributed by atoms with Gasteiger partial charge in [0.25, 0.3) is 0 Å². The van der Waals surface area contributed by atoms with Crippen LogP contribution in [0.15, 0.2) is 97.1 Å². The van der Waals surface area contributed by atoms with Crippen molar-refractivity contribution >= 4 is 0 Å². The van der Waals surface area contributed by atoms with Crippen LogP contribution >= 0.6 is 0 Å². The van der Waals surface area contributed by atoms with Gasteiger partial charge in [-0.3, -0.25) is 0 Å². The van der Waals surface area contributed by atoms with E-state index in [-0.39, 0.29) is 0 Å². The van der Waals surface area contributed by atoms with Gasteiger partial charge >= 0.3 is 0 Å². The molecule has 0 spiro atoms. The fourth-order valence-electron chi connectivity index (χ4n) is 8.31. The highest BCUT2D eigenvalue weighted by Crippen LogP contribution is 2.46. The molecule has 2 saturated carbocycles. The molecule has 6 atom stereocenters. The average Bonchev–Trinajstić information content (AvgIpc) is 3.05. The molecule has 2 nitrogen and oxygen atoms in total. The molecule has 0 saturated heterocycles. The zero-order chi connectivity index (χ0) is 29.8. The highest BCUT2D eigenvalue weighted by Gasteiger charge is 2.30. The molecular formula is C41H48O2. The Morgan fingerprint density at radius 3 is 1.37 bits per heavy atom. The molecule has 2 fully saturated rings. The zero-order valence-electron chi connectivity index (χ0n) is 26.0. The maximum Gasteiger partial charge on any atom is 0.119 e. The molecule has 6 rings (SSSR count). The summed E-state index contributed by atoms with van der Waals surface area (Å²) in [4.78, 5) is 0. The molecule has 0 aromatic heterocycles. The van der Waals surface area contributed by atoms with Crippen LogP contribution in [0.1, 0.15) is 122 Å². The molecule has 224 valence electrons. The van der Waals surface area contributed by atoms with Crippen LogP contribution in [-0.4, -0.2) is 10.2 Å². The molecule has 4 aromatic carbocycles. The van der Waals surface area contributed by atoms with Gasteiger partial charge in [0.1, 0.15) is 11.5 Å². The van der Waals surface area contributed by atoms with E-state index in [9.17, 15) is 10.2 Å². The van der Waals surface area contributed by atoms with Gasteiger partial charge in [0.05, 0.1) is 0 Å². The first-order chi connectivity index (χ1) is 21.0. The van der Waals surface area contributed by atoms with Crippen LogP contribution in [0, 0.1) is 11.8 Å². The van der Waals surface area contributed by atoms with E-state index in [0.717, 1.165) is 47.9 Å². The molecule has 2 heteroatoms. The first kappa shape index (κ1) is 29.5. The normalized spacial score (nSPS) is 23.9. The monoisotopic (exact) mass is 572 g/mol. The maximum absolute atomic E-state index is 11.1. The Morgan fingerprint density at radius 1 is 0.558 bits per heavy atom. The zero-order valence-corrected chi connectivity index (χ0v) is 26.0. The minimum absolute atomic E-state index is 0.409. The van der Waals surface area contributed by atoms with Crippen LogP contribution in [0.5, 0.6) is 11.5 Å². The molecule has 2 aliphatic carbocycles. The Morgan fingerprint density at radius 2 is 0.977 bits per heavy atom. The third kappa shape index (κ3) is 6.85. The number of phenolic OH excluding ortho intramolecular Hbond substituents is 2. The predicted molar refractivity (Wildman–Crippen MR) is 178 cm³/mol. The second-order valence-electron chi connectivity index (χ2n) is 13.6. The van der Waals surface area contributed by atoms with Crippen LogP contribution in [0.25, 0.3) is 0 Å². The highest BCUT2D eigenvalue weighted by atomic mass is 16.3. The Bertz CT molecular complexity index is 1360. The molecule has 6 unspecified atom stereocenters. The lowest BCUT2D eigenvalue weighted by molar-refractivity contribution is 0.282. The van der Waals surface area contributed by atoms with Gasteiger partial charge in [0.2, 0.25) is 0 Å². The van der Waals surface area contributed by atoms with Crippen molar-refractivity contribution in [2.45, 2.75) is 95.3 Å². The Balaban J connectivity index is 1.10. The summed E-state index contributed by atoms with van der Waals surface area (Å²) in [6.07, 6.45) is 10.2. The van der Waals surface area contributed by atoms with Crippen LogP contribution in [0.3, 0.4) is 0 Å². The van der Waals surface area contributed by atoms with Crippen LogP contribution in [0.4, 0.5) is 0 Å². The van der Waals surface area contributed by atoms with Crippen LogP contribution in [0.2, 0.25) is 0 Å². The summed E-state index contributed by atoms with van der Waals surface area (Å²) in [5, 5.41) is 22.3. The molecular weight excluding hydrogens is 524 g/mol. The van der Waals surface area contributed by atoms with Gasteiger partial charge in [-0.05, 0) is 126 Å². The van der Waals surface area contributed by atoms with E-state index in [0.29, 0.717) is 53.4 Å². The molecule has 0 heterocycles. The minimum Gasteiger partial charge on any atom is -0.508 e. The summed E-state index contributed by atoms with van der Waals surface area (Å²) in [6, 6.07) is 34.4.